The molecule has 0 fully saturated rings. The Labute approximate surface area is 89.7 Å². The third kappa shape index (κ3) is 1.76. The number of hydrogen-bond acceptors (Lipinski definition) is 2. The molecule has 0 aliphatic carbocycles. The van der Waals surface area contributed by atoms with E-state index in [2.05, 4.69) is 0 Å². The Morgan fingerprint density at radius 2 is 2.00 bits per heavy atom. The largest absolute Gasteiger partial charge is 0.480 e. The van der Waals surface area contributed by atoms with Crippen molar-refractivity contribution in [1.82, 2.24) is 0 Å². The third-order valence-corrected chi connectivity index (χ3v) is 2.43. The van der Waals surface area contributed by atoms with Crippen molar-refractivity contribution >= 4 is 5.97 Å². The first kappa shape index (κ1) is 12.5. The highest BCUT2D eigenvalue weighted by Crippen LogP contribution is 2.32. The Balaban J connectivity index is 3.43. The summed E-state index contributed by atoms with van der Waals surface area (Å²) < 4.78 is 39.0. The van der Waals surface area contributed by atoms with E-state index in [-0.39, 0.29) is 0 Å². The molecule has 1 unspecified atom stereocenters. The number of hydrogen-bond donors (Lipinski definition) is 2. The number of rotatable bonds is 4. The predicted octanol–water partition coefficient (Wildman–Crippen LogP) is 1.37. The van der Waals surface area contributed by atoms with Gasteiger partial charge in [0.1, 0.15) is 5.82 Å². The van der Waals surface area contributed by atoms with E-state index in [9.17, 15) is 18.0 Å². The molecule has 0 saturated carbocycles. The Kier molecular flexibility index (Phi) is 3.54. The molecule has 3 nitrogen and oxygen atoms in total. The molecule has 0 saturated heterocycles. The lowest BCUT2D eigenvalue weighted by atomic mass is 9.80. The molecule has 3 N–H and O–H groups in total. The van der Waals surface area contributed by atoms with Crippen LogP contribution in [0, 0.1) is 5.82 Å². The Bertz CT molecular complexity index is 397. The van der Waals surface area contributed by atoms with E-state index in [1.54, 1.807) is 0 Å². The zero-order valence-electron chi connectivity index (χ0n) is 8.16. The molecule has 0 amide bonds. The van der Waals surface area contributed by atoms with Gasteiger partial charge in [-0.05, 0) is 6.07 Å². The summed E-state index contributed by atoms with van der Waals surface area (Å²) in [4.78, 5) is 10.9. The molecule has 0 bridgehead atoms. The highest BCUT2D eigenvalue weighted by Gasteiger charge is 2.49. The molecule has 88 valence electrons. The lowest BCUT2D eigenvalue weighted by Crippen LogP contribution is -2.49. The molecule has 0 aliphatic rings. The Morgan fingerprint density at radius 3 is 2.38 bits per heavy atom. The van der Waals surface area contributed by atoms with Crippen LogP contribution in [0.1, 0.15) is 5.56 Å². The fourth-order valence-corrected chi connectivity index (χ4v) is 1.44. The molecule has 0 radical (unpaired) electrons. The van der Waals surface area contributed by atoms with Crippen LogP contribution < -0.4 is 5.73 Å². The first-order valence-corrected chi connectivity index (χ1v) is 4.43. The topological polar surface area (TPSA) is 63.3 Å². The van der Waals surface area contributed by atoms with E-state index >= 15 is 0 Å². The van der Waals surface area contributed by atoms with Gasteiger partial charge in [0.2, 0.25) is 0 Å². The summed E-state index contributed by atoms with van der Waals surface area (Å²) >= 11 is 0. The monoisotopic (exact) mass is 233 g/mol. The number of aliphatic carboxylic acids is 1. The predicted molar refractivity (Wildman–Crippen MR) is 50.8 cm³/mol. The van der Waals surface area contributed by atoms with Gasteiger partial charge in [-0.25, -0.2) is 13.2 Å². The van der Waals surface area contributed by atoms with Crippen molar-refractivity contribution in [2.45, 2.75) is 11.8 Å². The van der Waals surface area contributed by atoms with E-state index < -0.39 is 35.7 Å². The molecule has 0 heterocycles. The Hall–Kier alpha value is -1.56. The van der Waals surface area contributed by atoms with E-state index in [4.69, 9.17) is 10.8 Å². The lowest BCUT2D eigenvalue weighted by molar-refractivity contribution is -0.150. The maximum atomic E-state index is 13.3. The minimum Gasteiger partial charge on any atom is -0.480 e. The number of carbonyl (C=O) groups is 1. The van der Waals surface area contributed by atoms with Gasteiger partial charge in [-0.1, -0.05) is 18.2 Å². The molecule has 0 aromatic heterocycles. The van der Waals surface area contributed by atoms with Crippen LogP contribution in [0.15, 0.2) is 24.3 Å². The lowest BCUT2D eigenvalue weighted by Gasteiger charge is -2.27. The van der Waals surface area contributed by atoms with Gasteiger partial charge < -0.3 is 10.8 Å². The van der Waals surface area contributed by atoms with Crippen molar-refractivity contribution in [2.24, 2.45) is 5.73 Å². The molecule has 1 rings (SSSR count). The first-order valence-electron chi connectivity index (χ1n) is 4.43. The molecule has 16 heavy (non-hydrogen) atoms. The van der Waals surface area contributed by atoms with Crippen LogP contribution in [0.2, 0.25) is 0 Å². The minimum atomic E-state index is -3.29. The fourth-order valence-electron chi connectivity index (χ4n) is 1.44. The van der Waals surface area contributed by atoms with Crippen LogP contribution >= 0.6 is 0 Å². The second kappa shape index (κ2) is 4.52. The van der Waals surface area contributed by atoms with Crippen LogP contribution in [-0.4, -0.2) is 24.0 Å². The number of alkyl halides is 2. The Morgan fingerprint density at radius 1 is 1.44 bits per heavy atom. The summed E-state index contributed by atoms with van der Waals surface area (Å²) in [6.45, 7) is -0.874. The van der Waals surface area contributed by atoms with Crippen molar-refractivity contribution in [3.8, 4) is 0 Å². The second-order valence-electron chi connectivity index (χ2n) is 3.26. The van der Waals surface area contributed by atoms with Crippen molar-refractivity contribution in [2.75, 3.05) is 6.54 Å². The van der Waals surface area contributed by atoms with E-state index in [1.807, 2.05) is 0 Å². The molecular formula is C10H10F3NO2. The van der Waals surface area contributed by atoms with Gasteiger partial charge in [-0.2, -0.15) is 0 Å². The molecule has 6 heteroatoms. The summed E-state index contributed by atoms with van der Waals surface area (Å²) in [7, 11) is 0. The van der Waals surface area contributed by atoms with Gasteiger partial charge in [-0.3, -0.25) is 4.79 Å². The third-order valence-electron chi connectivity index (χ3n) is 2.43. The summed E-state index contributed by atoms with van der Waals surface area (Å²) in [6.07, 6.45) is -3.29. The fraction of sp³-hybridized carbons (Fsp3) is 0.300. The summed E-state index contributed by atoms with van der Waals surface area (Å²) in [5, 5.41) is 8.85. The maximum absolute atomic E-state index is 13.3. The molecule has 1 atom stereocenters. The quantitative estimate of drug-likeness (QED) is 0.825. The van der Waals surface area contributed by atoms with Crippen LogP contribution in [0.5, 0.6) is 0 Å². The smallest absolute Gasteiger partial charge is 0.321 e. The zero-order valence-corrected chi connectivity index (χ0v) is 8.16. The maximum Gasteiger partial charge on any atom is 0.321 e. The van der Waals surface area contributed by atoms with Crippen LogP contribution in [0.3, 0.4) is 0 Å². The van der Waals surface area contributed by atoms with E-state index in [1.165, 1.54) is 12.1 Å². The standard InChI is InChI=1S/C10H10F3NO2/c11-7-4-2-1-3-6(7)10(5-14,8(12)13)9(15)16/h1-4,8H,5,14H2,(H,15,16). The van der Waals surface area contributed by atoms with Gasteiger partial charge in [0.25, 0.3) is 6.43 Å². The zero-order chi connectivity index (χ0) is 12.3. The normalized spacial score (nSPS) is 14.8. The molecule has 1 aromatic rings. The average molecular weight is 233 g/mol. The van der Waals surface area contributed by atoms with Crippen molar-refractivity contribution in [3.05, 3.63) is 35.6 Å². The summed E-state index contributed by atoms with van der Waals surface area (Å²) in [5.41, 5.74) is 1.80. The van der Waals surface area contributed by atoms with Gasteiger partial charge in [0, 0.05) is 12.1 Å². The molecular weight excluding hydrogens is 223 g/mol. The van der Waals surface area contributed by atoms with Gasteiger partial charge >= 0.3 is 5.97 Å². The highest BCUT2D eigenvalue weighted by molar-refractivity contribution is 5.82. The second-order valence-corrected chi connectivity index (χ2v) is 3.26. The molecule has 0 aliphatic heterocycles. The van der Waals surface area contributed by atoms with E-state index in [0.717, 1.165) is 12.1 Å². The summed E-state index contributed by atoms with van der Waals surface area (Å²) in [6, 6.07) is 4.50. The highest BCUT2D eigenvalue weighted by atomic mass is 19.3. The van der Waals surface area contributed by atoms with Gasteiger partial charge in [0.15, 0.2) is 5.41 Å². The van der Waals surface area contributed by atoms with Gasteiger partial charge in [-0.15, -0.1) is 0 Å². The molecule has 1 aromatic carbocycles. The van der Waals surface area contributed by atoms with Crippen molar-refractivity contribution in [1.29, 1.82) is 0 Å². The minimum absolute atomic E-state index is 0.597. The molecule has 0 spiro atoms. The first-order chi connectivity index (χ1) is 7.46. The summed E-state index contributed by atoms with van der Waals surface area (Å²) in [5.74, 6) is -2.84. The number of nitrogens with two attached hydrogens (primary N) is 1. The number of carboxylic acid groups (broad SMARTS) is 1. The average Bonchev–Trinajstić information content (AvgIpc) is 2.21. The van der Waals surface area contributed by atoms with Crippen molar-refractivity contribution in [3.63, 3.8) is 0 Å². The van der Waals surface area contributed by atoms with E-state index in [0.29, 0.717) is 0 Å². The van der Waals surface area contributed by atoms with Crippen molar-refractivity contribution < 1.29 is 23.1 Å². The van der Waals surface area contributed by atoms with Crippen LogP contribution in [-0.2, 0) is 10.2 Å². The van der Waals surface area contributed by atoms with Crippen LogP contribution in [0.4, 0.5) is 13.2 Å². The number of halogens is 3. The van der Waals surface area contributed by atoms with Crippen LogP contribution in [0.25, 0.3) is 0 Å². The number of carboxylic acids is 1. The van der Waals surface area contributed by atoms with Gasteiger partial charge in [0.05, 0.1) is 0 Å². The SMILES string of the molecule is NCC(C(=O)O)(c1ccccc1F)C(F)F. The number of benzene rings is 1.